The van der Waals surface area contributed by atoms with E-state index in [0.29, 0.717) is 31.2 Å². The summed E-state index contributed by atoms with van der Waals surface area (Å²) in [5.41, 5.74) is 1.31. The van der Waals surface area contributed by atoms with Crippen LogP contribution in [0.25, 0.3) is 0 Å². The fraction of sp³-hybridized carbons (Fsp3) is 0.526. The summed E-state index contributed by atoms with van der Waals surface area (Å²) >= 11 is 0. The van der Waals surface area contributed by atoms with E-state index in [9.17, 15) is 4.79 Å². The number of aryl methyl sites for hydroxylation is 3. The second-order valence-electron chi connectivity index (χ2n) is 6.37. The molecule has 1 unspecified atom stereocenters. The molecule has 1 aliphatic rings. The number of benzene rings is 1. The average Bonchev–Trinajstić information content (AvgIpc) is 3.31. The molecule has 1 atom stereocenters. The molecule has 1 aromatic carbocycles. The number of aromatic nitrogens is 2. The van der Waals surface area contributed by atoms with Gasteiger partial charge >= 0.3 is 0 Å². The van der Waals surface area contributed by atoms with Crippen molar-refractivity contribution in [1.82, 2.24) is 15.5 Å². The van der Waals surface area contributed by atoms with Crippen molar-refractivity contribution in [2.45, 2.75) is 51.0 Å². The highest BCUT2D eigenvalue weighted by Crippen LogP contribution is 2.11. The molecule has 1 amide bonds. The van der Waals surface area contributed by atoms with E-state index in [4.69, 9.17) is 9.15 Å². The first-order valence-electron chi connectivity index (χ1n) is 9.03. The molecular formula is C19H25N3O3. The Hall–Kier alpha value is -2.21. The van der Waals surface area contributed by atoms with Crippen molar-refractivity contribution in [2.75, 3.05) is 13.2 Å². The summed E-state index contributed by atoms with van der Waals surface area (Å²) in [6.07, 6.45) is 5.82. The highest BCUT2D eigenvalue weighted by Gasteiger charge is 2.16. The van der Waals surface area contributed by atoms with E-state index >= 15 is 0 Å². The van der Waals surface area contributed by atoms with E-state index in [0.717, 1.165) is 38.7 Å². The first kappa shape index (κ1) is 17.6. The molecule has 6 nitrogen and oxygen atoms in total. The molecule has 2 aromatic rings. The van der Waals surface area contributed by atoms with E-state index in [1.54, 1.807) is 0 Å². The van der Waals surface area contributed by atoms with Crippen molar-refractivity contribution < 1.29 is 13.9 Å². The number of hydrogen-bond acceptors (Lipinski definition) is 5. The predicted octanol–water partition coefficient (Wildman–Crippen LogP) is 2.47. The number of rotatable bonds is 9. The molecule has 1 aliphatic heterocycles. The van der Waals surface area contributed by atoms with Crippen LogP contribution in [0.15, 0.2) is 34.7 Å². The summed E-state index contributed by atoms with van der Waals surface area (Å²) in [6, 6.07) is 10.3. The number of hydrogen-bond donors (Lipinski definition) is 1. The Morgan fingerprint density at radius 2 is 1.92 bits per heavy atom. The van der Waals surface area contributed by atoms with Gasteiger partial charge in [-0.15, -0.1) is 10.2 Å². The van der Waals surface area contributed by atoms with E-state index in [1.807, 2.05) is 18.2 Å². The third-order valence-electron chi connectivity index (χ3n) is 4.32. The molecule has 0 saturated carbocycles. The third-order valence-corrected chi connectivity index (χ3v) is 4.32. The molecule has 2 heterocycles. The van der Waals surface area contributed by atoms with E-state index in [2.05, 4.69) is 27.6 Å². The van der Waals surface area contributed by atoms with Crippen molar-refractivity contribution in [1.29, 1.82) is 0 Å². The summed E-state index contributed by atoms with van der Waals surface area (Å²) in [7, 11) is 0. The van der Waals surface area contributed by atoms with Gasteiger partial charge in [-0.25, -0.2) is 0 Å². The highest BCUT2D eigenvalue weighted by molar-refractivity contribution is 5.76. The lowest BCUT2D eigenvalue weighted by atomic mass is 10.1. The van der Waals surface area contributed by atoms with Gasteiger partial charge in [0.15, 0.2) is 0 Å². The first-order chi connectivity index (χ1) is 12.3. The zero-order valence-electron chi connectivity index (χ0n) is 14.4. The van der Waals surface area contributed by atoms with Crippen LogP contribution in [0.5, 0.6) is 0 Å². The van der Waals surface area contributed by atoms with Crippen LogP contribution in [0.3, 0.4) is 0 Å². The van der Waals surface area contributed by atoms with Crippen LogP contribution in [0.1, 0.15) is 43.0 Å². The van der Waals surface area contributed by atoms with Gasteiger partial charge in [0.2, 0.25) is 17.7 Å². The van der Waals surface area contributed by atoms with Crippen LogP contribution in [0.2, 0.25) is 0 Å². The Bertz CT molecular complexity index is 651. The second kappa shape index (κ2) is 9.32. The maximum Gasteiger partial charge on any atom is 0.220 e. The lowest BCUT2D eigenvalue weighted by Crippen LogP contribution is -2.31. The van der Waals surface area contributed by atoms with Gasteiger partial charge < -0.3 is 14.5 Å². The van der Waals surface area contributed by atoms with Gasteiger partial charge in [-0.05, 0) is 31.2 Å². The fourth-order valence-corrected chi connectivity index (χ4v) is 2.92. The third kappa shape index (κ3) is 5.98. The van der Waals surface area contributed by atoms with Crippen molar-refractivity contribution in [3.05, 3.63) is 47.7 Å². The Morgan fingerprint density at radius 3 is 2.68 bits per heavy atom. The topological polar surface area (TPSA) is 77.2 Å². The fourth-order valence-electron chi connectivity index (χ4n) is 2.92. The monoisotopic (exact) mass is 343 g/mol. The molecule has 134 valence electrons. The Kier molecular flexibility index (Phi) is 6.56. The number of ether oxygens (including phenoxy) is 1. The van der Waals surface area contributed by atoms with Gasteiger partial charge in [0.25, 0.3) is 0 Å². The smallest absolute Gasteiger partial charge is 0.220 e. The van der Waals surface area contributed by atoms with Crippen LogP contribution >= 0.6 is 0 Å². The quantitative estimate of drug-likeness (QED) is 0.757. The zero-order valence-corrected chi connectivity index (χ0v) is 14.4. The van der Waals surface area contributed by atoms with Gasteiger partial charge in [-0.3, -0.25) is 4.79 Å². The Balaban J connectivity index is 1.33. The zero-order chi connectivity index (χ0) is 17.3. The van der Waals surface area contributed by atoms with Crippen molar-refractivity contribution in [2.24, 2.45) is 0 Å². The summed E-state index contributed by atoms with van der Waals surface area (Å²) in [5.74, 6) is 1.17. The van der Waals surface area contributed by atoms with Crippen LogP contribution < -0.4 is 5.32 Å². The van der Waals surface area contributed by atoms with Gasteiger partial charge in [-0.1, -0.05) is 30.3 Å². The van der Waals surface area contributed by atoms with Gasteiger partial charge in [0.05, 0.1) is 6.10 Å². The Morgan fingerprint density at radius 1 is 1.12 bits per heavy atom. The Labute approximate surface area is 148 Å². The molecular weight excluding hydrogens is 318 g/mol. The minimum Gasteiger partial charge on any atom is -0.425 e. The maximum atomic E-state index is 11.9. The van der Waals surface area contributed by atoms with Gasteiger partial charge in [-0.2, -0.15) is 0 Å². The lowest BCUT2D eigenvalue weighted by molar-refractivity contribution is -0.121. The number of amides is 1. The molecule has 3 rings (SSSR count). The molecule has 25 heavy (non-hydrogen) atoms. The number of carbonyl (C=O) groups excluding carboxylic acids is 1. The largest absolute Gasteiger partial charge is 0.425 e. The summed E-state index contributed by atoms with van der Waals surface area (Å²) < 4.78 is 11.1. The molecule has 1 aromatic heterocycles. The first-order valence-corrected chi connectivity index (χ1v) is 9.03. The van der Waals surface area contributed by atoms with Crippen molar-refractivity contribution in [3.63, 3.8) is 0 Å². The number of carbonyl (C=O) groups is 1. The predicted molar refractivity (Wildman–Crippen MR) is 93.1 cm³/mol. The maximum absolute atomic E-state index is 11.9. The lowest BCUT2D eigenvalue weighted by Gasteiger charge is -2.10. The summed E-state index contributed by atoms with van der Waals surface area (Å²) in [5, 5.41) is 11.0. The SMILES string of the molecule is O=C(CCc1nnc(CCCc2ccccc2)o1)NCC1CCCO1. The van der Waals surface area contributed by atoms with Crippen molar-refractivity contribution >= 4 is 5.91 Å². The molecule has 1 N–H and O–H groups in total. The number of nitrogens with one attached hydrogen (secondary N) is 1. The standard InChI is InChI=1S/C19H25N3O3/c23-17(20-14-16-9-5-13-24-16)11-12-19-22-21-18(25-19)10-4-8-15-6-2-1-3-7-15/h1-3,6-7,16H,4-5,8-14H2,(H,20,23). The van der Waals surface area contributed by atoms with Crippen molar-refractivity contribution in [3.8, 4) is 0 Å². The van der Waals surface area contributed by atoms with Crippen LogP contribution in [0.4, 0.5) is 0 Å². The molecule has 0 spiro atoms. The van der Waals surface area contributed by atoms with Crippen LogP contribution in [-0.2, 0) is 28.8 Å². The minimum absolute atomic E-state index is 0.000623. The molecule has 0 radical (unpaired) electrons. The second-order valence-corrected chi connectivity index (χ2v) is 6.37. The summed E-state index contributed by atoms with van der Waals surface area (Å²) in [4.78, 5) is 11.9. The number of nitrogens with zero attached hydrogens (tertiary/aromatic N) is 2. The van der Waals surface area contributed by atoms with E-state index in [1.165, 1.54) is 5.56 Å². The van der Waals surface area contributed by atoms with E-state index < -0.39 is 0 Å². The molecule has 0 bridgehead atoms. The minimum atomic E-state index is -0.000623. The summed E-state index contributed by atoms with van der Waals surface area (Å²) in [6.45, 7) is 1.39. The van der Waals surface area contributed by atoms with Gasteiger partial charge in [0, 0.05) is 32.4 Å². The molecule has 6 heteroatoms. The molecule has 1 fully saturated rings. The average molecular weight is 343 g/mol. The van der Waals surface area contributed by atoms with Crippen LogP contribution in [-0.4, -0.2) is 35.4 Å². The van der Waals surface area contributed by atoms with E-state index in [-0.39, 0.29) is 12.0 Å². The highest BCUT2D eigenvalue weighted by atomic mass is 16.5. The van der Waals surface area contributed by atoms with Crippen LogP contribution in [0, 0.1) is 0 Å². The normalized spacial score (nSPS) is 16.9. The molecule has 0 aliphatic carbocycles. The van der Waals surface area contributed by atoms with Gasteiger partial charge in [0.1, 0.15) is 0 Å². The molecule has 1 saturated heterocycles.